The summed E-state index contributed by atoms with van der Waals surface area (Å²) in [5.74, 6) is -0.276. The third kappa shape index (κ3) is 1.66. The fraction of sp³-hybridized carbons (Fsp3) is 0.429. The van der Waals surface area contributed by atoms with Crippen LogP contribution < -0.4 is 0 Å². The molecule has 0 aliphatic carbocycles. The number of rotatable bonds is 2. The number of alkyl halides is 2. The molecule has 0 unspecified atom stereocenters. The minimum atomic E-state index is -2.64. The number of halogens is 2. The molecule has 5 heteroatoms. The van der Waals surface area contributed by atoms with Crippen molar-refractivity contribution in [3.05, 3.63) is 17.3 Å². The average molecular weight is 174 g/mol. The molecule has 1 N–H and O–H groups in total. The summed E-state index contributed by atoms with van der Waals surface area (Å²) in [7, 11) is 0. The van der Waals surface area contributed by atoms with E-state index < -0.39 is 12.1 Å². The maximum absolute atomic E-state index is 12.0. The Balaban J connectivity index is 3.05. The Hall–Kier alpha value is -1.26. The summed E-state index contributed by atoms with van der Waals surface area (Å²) in [6, 6.07) is 1.16. The van der Waals surface area contributed by atoms with Crippen LogP contribution in [0.25, 0.3) is 0 Å². The van der Waals surface area contributed by atoms with Crippen LogP contribution in [0.4, 0.5) is 8.78 Å². The van der Waals surface area contributed by atoms with Crippen molar-refractivity contribution < 1.29 is 13.9 Å². The Morgan fingerprint density at radius 3 is 2.67 bits per heavy atom. The van der Waals surface area contributed by atoms with Gasteiger partial charge in [-0.25, -0.2) is 8.78 Å². The normalized spacial score (nSPS) is 10.7. The van der Waals surface area contributed by atoms with E-state index in [0.717, 1.165) is 6.07 Å². The minimum absolute atomic E-state index is 0.276. The van der Waals surface area contributed by atoms with Crippen LogP contribution in [0.15, 0.2) is 6.07 Å². The van der Waals surface area contributed by atoms with Crippen LogP contribution in [0.1, 0.15) is 24.6 Å². The lowest BCUT2D eigenvalue weighted by Gasteiger charge is -2.01. The standard InChI is InChI=1S/C7H8F2N2O/c1-2-4-3-5(6(8)9)10-11-7(4)12/h3,6H,2H2,1H3,(H,11,12). The first-order chi connectivity index (χ1) is 5.65. The van der Waals surface area contributed by atoms with Crippen LogP contribution in [0.5, 0.6) is 5.88 Å². The largest absolute Gasteiger partial charge is 0.492 e. The SMILES string of the molecule is CCc1cc(C(F)F)nnc1O. The zero-order valence-corrected chi connectivity index (χ0v) is 6.46. The van der Waals surface area contributed by atoms with Gasteiger partial charge in [0.15, 0.2) is 0 Å². The van der Waals surface area contributed by atoms with Crippen molar-refractivity contribution in [2.75, 3.05) is 0 Å². The van der Waals surface area contributed by atoms with Gasteiger partial charge in [-0.3, -0.25) is 0 Å². The van der Waals surface area contributed by atoms with E-state index >= 15 is 0 Å². The van der Waals surface area contributed by atoms with E-state index in [1.54, 1.807) is 6.92 Å². The highest BCUT2D eigenvalue weighted by atomic mass is 19.3. The summed E-state index contributed by atoms with van der Waals surface area (Å²) in [5.41, 5.74) is -0.00931. The van der Waals surface area contributed by atoms with Crippen LogP contribution >= 0.6 is 0 Å². The summed E-state index contributed by atoms with van der Waals surface area (Å²) in [4.78, 5) is 0. The predicted molar refractivity (Wildman–Crippen MR) is 38.0 cm³/mol. The second-order valence-corrected chi connectivity index (χ2v) is 2.27. The zero-order valence-electron chi connectivity index (χ0n) is 6.46. The molecule has 1 aromatic rings. The predicted octanol–water partition coefficient (Wildman–Crippen LogP) is 1.68. The van der Waals surface area contributed by atoms with Crippen molar-refractivity contribution in [2.45, 2.75) is 19.8 Å². The Labute approximate surface area is 68.1 Å². The maximum atomic E-state index is 12.0. The molecule has 0 fully saturated rings. The molecule has 0 saturated carbocycles. The first-order valence-corrected chi connectivity index (χ1v) is 3.48. The van der Waals surface area contributed by atoms with Gasteiger partial charge in [0.25, 0.3) is 6.43 Å². The molecule has 1 aromatic heterocycles. The highest BCUT2D eigenvalue weighted by molar-refractivity contribution is 5.25. The van der Waals surface area contributed by atoms with Crippen molar-refractivity contribution >= 4 is 0 Å². The Bertz CT molecular complexity index is 278. The van der Waals surface area contributed by atoms with Gasteiger partial charge in [-0.1, -0.05) is 6.92 Å². The number of aryl methyl sites for hydroxylation is 1. The summed E-state index contributed by atoms with van der Waals surface area (Å²) in [5, 5.41) is 15.3. The molecule has 0 aliphatic rings. The van der Waals surface area contributed by atoms with E-state index in [4.69, 9.17) is 5.11 Å². The van der Waals surface area contributed by atoms with Gasteiger partial charge in [-0.15, -0.1) is 10.2 Å². The molecule has 0 amide bonds. The summed E-state index contributed by atoms with van der Waals surface area (Å²) < 4.78 is 24.1. The molecule has 0 aromatic carbocycles. The molecule has 0 aliphatic heterocycles. The molecule has 0 bridgehead atoms. The van der Waals surface area contributed by atoms with Crippen LogP contribution in [0.3, 0.4) is 0 Å². The number of aromatic hydroxyl groups is 1. The summed E-state index contributed by atoms with van der Waals surface area (Å²) in [6.07, 6.45) is -2.18. The molecule has 1 rings (SSSR count). The van der Waals surface area contributed by atoms with Crippen LogP contribution in [-0.2, 0) is 6.42 Å². The zero-order chi connectivity index (χ0) is 9.14. The number of hydrogen-bond acceptors (Lipinski definition) is 3. The van der Waals surface area contributed by atoms with E-state index in [9.17, 15) is 8.78 Å². The third-order valence-electron chi connectivity index (χ3n) is 1.47. The lowest BCUT2D eigenvalue weighted by atomic mass is 10.2. The Morgan fingerprint density at radius 2 is 2.17 bits per heavy atom. The van der Waals surface area contributed by atoms with Crippen LogP contribution in [0.2, 0.25) is 0 Å². The fourth-order valence-corrected chi connectivity index (χ4v) is 0.808. The molecular formula is C7H8F2N2O. The van der Waals surface area contributed by atoms with Crippen molar-refractivity contribution in [3.8, 4) is 5.88 Å². The van der Waals surface area contributed by atoms with E-state index in [-0.39, 0.29) is 5.88 Å². The van der Waals surface area contributed by atoms with Gasteiger partial charge < -0.3 is 5.11 Å². The molecule has 66 valence electrons. The van der Waals surface area contributed by atoms with Gasteiger partial charge in [0, 0.05) is 5.56 Å². The van der Waals surface area contributed by atoms with Crippen molar-refractivity contribution in [2.24, 2.45) is 0 Å². The van der Waals surface area contributed by atoms with Gasteiger partial charge >= 0.3 is 0 Å². The Morgan fingerprint density at radius 1 is 1.50 bits per heavy atom. The topological polar surface area (TPSA) is 46.0 Å². The van der Waals surface area contributed by atoms with Gasteiger partial charge in [0.1, 0.15) is 5.69 Å². The van der Waals surface area contributed by atoms with E-state index in [1.807, 2.05) is 0 Å². The molecule has 12 heavy (non-hydrogen) atoms. The highest BCUT2D eigenvalue weighted by Gasteiger charge is 2.11. The minimum Gasteiger partial charge on any atom is -0.492 e. The third-order valence-corrected chi connectivity index (χ3v) is 1.47. The molecule has 0 spiro atoms. The highest BCUT2D eigenvalue weighted by Crippen LogP contribution is 2.20. The summed E-state index contributed by atoms with van der Waals surface area (Å²) >= 11 is 0. The van der Waals surface area contributed by atoms with Crippen molar-refractivity contribution in [3.63, 3.8) is 0 Å². The maximum Gasteiger partial charge on any atom is 0.282 e. The van der Waals surface area contributed by atoms with Gasteiger partial charge in [0.2, 0.25) is 5.88 Å². The molecule has 0 radical (unpaired) electrons. The first kappa shape index (κ1) is 8.83. The Kier molecular flexibility index (Phi) is 2.52. The second-order valence-electron chi connectivity index (χ2n) is 2.27. The quantitative estimate of drug-likeness (QED) is 0.741. The van der Waals surface area contributed by atoms with Crippen molar-refractivity contribution in [1.29, 1.82) is 0 Å². The number of aromatic nitrogens is 2. The molecular weight excluding hydrogens is 166 g/mol. The smallest absolute Gasteiger partial charge is 0.282 e. The van der Waals surface area contributed by atoms with Crippen molar-refractivity contribution in [1.82, 2.24) is 10.2 Å². The van der Waals surface area contributed by atoms with Crippen LogP contribution in [0, 0.1) is 0 Å². The monoisotopic (exact) mass is 174 g/mol. The summed E-state index contributed by atoms with van der Waals surface area (Å²) in [6.45, 7) is 1.74. The van der Waals surface area contributed by atoms with E-state index in [0.29, 0.717) is 12.0 Å². The van der Waals surface area contributed by atoms with E-state index in [1.165, 1.54) is 0 Å². The molecule has 0 atom stereocenters. The molecule has 1 heterocycles. The van der Waals surface area contributed by atoms with Gasteiger partial charge in [-0.05, 0) is 12.5 Å². The molecule has 3 nitrogen and oxygen atoms in total. The fourth-order valence-electron chi connectivity index (χ4n) is 0.808. The second kappa shape index (κ2) is 3.42. The number of nitrogens with zero attached hydrogens (tertiary/aromatic N) is 2. The van der Waals surface area contributed by atoms with Gasteiger partial charge in [0.05, 0.1) is 0 Å². The van der Waals surface area contributed by atoms with E-state index in [2.05, 4.69) is 10.2 Å². The van der Waals surface area contributed by atoms with Gasteiger partial charge in [-0.2, -0.15) is 0 Å². The van der Waals surface area contributed by atoms with Crippen LogP contribution in [-0.4, -0.2) is 15.3 Å². The molecule has 0 saturated heterocycles. The lowest BCUT2D eigenvalue weighted by Crippen LogP contribution is -1.96. The number of hydrogen-bond donors (Lipinski definition) is 1. The average Bonchev–Trinajstić information content (AvgIpc) is 2.05. The first-order valence-electron chi connectivity index (χ1n) is 3.48. The lowest BCUT2D eigenvalue weighted by molar-refractivity contribution is 0.144.